The first kappa shape index (κ1) is 9.80. The van der Waals surface area contributed by atoms with Crippen LogP contribution in [0, 0.1) is 0 Å². The van der Waals surface area contributed by atoms with Crippen LogP contribution in [0.25, 0.3) is 0 Å². The monoisotopic (exact) mass is 218 g/mol. The van der Waals surface area contributed by atoms with Crippen molar-refractivity contribution >= 4 is 17.4 Å². The Kier molecular flexibility index (Phi) is 2.74. The van der Waals surface area contributed by atoms with E-state index < -0.39 is 0 Å². The van der Waals surface area contributed by atoms with Crippen molar-refractivity contribution < 1.29 is 4.79 Å². The molecule has 0 saturated carbocycles. The van der Waals surface area contributed by atoms with Crippen molar-refractivity contribution in [1.82, 2.24) is 9.97 Å². The molecule has 0 unspecified atom stereocenters. The Morgan fingerprint density at radius 3 is 2.47 bits per heavy atom. The van der Waals surface area contributed by atoms with E-state index in [0.29, 0.717) is 16.1 Å². The zero-order valence-corrected chi connectivity index (χ0v) is 8.48. The fraction of sp³-hybridized carbons (Fsp3) is 0. The number of aromatic nitrogens is 2. The van der Waals surface area contributed by atoms with E-state index in [1.54, 1.807) is 30.6 Å². The average Bonchev–Trinajstić information content (AvgIpc) is 2.29. The maximum atomic E-state index is 11.9. The number of hydrogen-bond donors (Lipinski definition) is 0. The lowest BCUT2D eigenvalue weighted by molar-refractivity contribution is 0.103. The van der Waals surface area contributed by atoms with Crippen LogP contribution >= 0.6 is 11.6 Å². The third-order valence-electron chi connectivity index (χ3n) is 1.91. The number of carbonyl (C=O) groups is 1. The second kappa shape index (κ2) is 4.19. The molecule has 0 atom stereocenters. The molecule has 2 heterocycles. The molecule has 2 aromatic heterocycles. The molecule has 0 N–H and O–H groups in total. The summed E-state index contributed by atoms with van der Waals surface area (Å²) in [4.78, 5) is 19.6. The largest absolute Gasteiger partial charge is 0.289 e. The summed E-state index contributed by atoms with van der Waals surface area (Å²) in [6, 6.07) is 4.91. The third-order valence-corrected chi connectivity index (χ3v) is 2.12. The van der Waals surface area contributed by atoms with Crippen molar-refractivity contribution in [3.63, 3.8) is 0 Å². The molecule has 0 bridgehead atoms. The standard InChI is InChI=1S/C11H7ClN2O/c12-10-5-9(6-14-7-10)11(15)8-1-3-13-4-2-8/h1-7H. The highest BCUT2D eigenvalue weighted by atomic mass is 35.5. The molecule has 0 aliphatic heterocycles. The number of pyridine rings is 2. The minimum absolute atomic E-state index is 0.104. The lowest BCUT2D eigenvalue weighted by Crippen LogP contribution is -2.01. The number of ketones is 1. The lowest BCUT2D eigenvalue weighted by Gasteiger charge is -1.99. The van der Waals surface area contributed by atoms with E-state index in [2.05, 4.69) is 9.97 Å². The number of hydrogen-bond acceptors (Lipinski definition) is 3. The van der Waals surface area contributed by atoms with Crippen molar-refractivity contribution in [2.45, 2.75) is 0 Å². The van der Waals surface area contributed by atoms with Gasteiger partial charge >= 0.3 is 0 Å². The highest BCUT2D eigenvalue weighted by molar-refractivity contribution is 6.31. The Bertz CT molecular complexity index is 485. The van der Waals surface area contributed by atoms with E-state index in [1.165, 1.54) is 12.4 Å². The van der Waals surface area contributed by atoms with Crippen LogP contribution in [0.1, 0.15) is 15.9 Å². The average molecular weight is 219 g/mol. The van der Waals surface area contributed by atoms with Crippen LogP contribution in [0.4, 0.5) is 0 Å². The quantitative estimate of drug-likeness (QED) is 0.727. The number of carbonyl (C=O) groups excluding carboxylic acids is 1. The predicted octanol–water partition coefficient (Wildman–Crippen LogP) is 2.36. The van der Waals surface area contributed by atoms with Gasteiger partial charge in [-0.15, -0.1) is 0 Å². The van der Waals surface area contributed by atoms with Crippen molar-refractivity contribution in [3.05, 3.63) is 59.1 Å². The molecule has 0 saturated heterocycles. The molecule has 15 heavy (non-hydrogen) atoms. The summed E-state index contributed by atoms with van der Waals surface area (Å²) in [5.41, 5.74) is 1.06. The fourth-order valence-corrected chi connectivity index (χ4v) is 1.38. The van der Waals surface area contributed by atoms with Crippen LogP contribution in [0.2, 0.25) is 5.02 Å². The topological polar surface area (TPSA) is 42.9 Å². The SMILES string of the molecule is O=C(c1ccncc1)c1cncc(Cl)c1. The van der Waals surface area contributed by atoms with Crippen LogP contribution in [-0.4, -0.2) is 15.8 Å². The summed E-state index contributed by atoms with van der Waals surface area (Å²) in [6.45, 7) is 0. The summed E-state index contributed by atoms with van der Waals surface area (Å²) in [5, 5.41) is 0.454. The van der Waals surface area contributed by atoms with Gasteiger partial charge in [-0.3, -0.25) is 14.8 Å². The summed E-state index contributed by atoms with van der Waals surface area (Å²) < 4.78 is 0. The molecule has 0 radical (unpaired) electrons. The maximum Gasteiger partial charge on any atom is 0.194 e. The number of rotatable bonds is 2. The van der Waals surface area contributed by atoms with E-state index in [9.17, 15) is 4.79 Å². The summed E-state index contributed by atoms with van der Waals surface area (Å²) in [7, 11) is 0. The van der Waals surface area contributed by atoms with Gasteiger partial charge in [0.05, 0.1) is 5.02 Å². The zero-order valence-electron chi connectivity index (χ0n) is 7.72. The Morgan fingerprint density at radius 2 is 1.80 bits per heavy atom. The van der Waals surface area contributed by atoms with E-state index in [4.69, 9.17) is 11.6 Å². The first-order valence-electron chi connectivity index (χ1n) is 4.32. The van der Waals surface area contributed by atoms with Crippen LogP contribution in [-0.2, 0) is 0 Å². The first-order chi connectivity index (χ1) is 7.27. The van der Waals surface area contributed by atoms with Gasteiger partial charge in [-0.05, 0) is 18.2 Å². The van der Waals surface area contributed by atoms with Crippen LogP contribution in [0.5, 0.6) is 0 Å². The zero-order chi connectivity index (χ0) is 10.7. The van der Waals surface area contributed by atoms with E-state index >= 15 is 0 Å². The molecular formula is C11H7ClN2O. The maximum absolute atomic E-state index is 11.9. The van der Waals surface area contributed by atoms with E-state index in [0.717, 1.165) is 0 Å². The van der Waals surface area contributed by atoms with Gasteiger partial charge in [0.1, 0.15) is 0 Å². The molecule has 0 amide bonds. The van der Waals surface area contributed by atoms with Gasteiger partial charge < -0.3 is 0 Å². The predicted molar refractivity (Wildman–Crippen MR) is 56.9 cm³/mol. The van der Waals surface area contributed by atoms with Crippen molar-refractivity contribution in [1.29, 1.82) is 0 Å². The molecule has 0 aromatic carbocycles. The molecule has 2 rings (SSSR count). The van der Waals surface area contributed by atoms with Gasteiger partial charge in [-0.2, -0.15) is 0 Å². The van der Waals surface area contributed by atoms with Crippen LogP contribution < -0.4 is 0 Å². The van der Waals surface area contributed by atoms with Gasteiger partial charge in [-0.25, -0.2) is 0 Å². The third kappa shape index (κ3) is 2.19. The van der Waals surface area contributed by atoms with Crippen molar-refractivity contribution in [2.24, 2.45) is 0 Å². The van der Waals surface area contributed by atoms with E-state index in [1.807, 2.05) is 0 Å². The lowest BCUT2D eigenvalue weighted by atomic mass is 10.1. The number of halogens is 1. The molecular weight excluding hydrogens is 212 g/mol. The Hall–Kier alpha value is -1.74. The minimum atomic E-state index is -0.104. The molecule has 0 aliphatic carbocycles. The Morgan fingerprint density at radius 1 is 1.07 bits per heavy atom. The summed E-state index contributed by atoms with van der Waals surface area (Å²) in [5.74, 6) is -0.104. The Balaban J connectivity index is 2.37. The van der Waals surface area contributed by atoms with Crippen molar-refractivity contribution in [2.75, 3.05) is 0 Å². The van der Waals surface area contributed by atoms with Gasteiger partial charge in [0.15, 0.2) is 5.78 Å². The fourth-order valence-electron chi connectivity index (χ4n) is 1.21. The molecule has 0 fully saturated rings. The highest BCUT2D eigenvalue weighted by Crippen LogP contribution is 2.12. The van der Waals surface area contributed by atoms with Crippen LogP contribution in [0.3, 0.4) is 0 Å². The second-order valence-corrected chi connectivity index (χ2v) is 3.39. The summed E-state index contributed by atoms with van der Waals surface area (Å²) >= 11 is 5.75. The molecule has 0 spiro atoms. The molecule has 4 heteroatoms. The minimum Gasteiger partial charge on any atom is -0.289 e. The van der Waals surface area contributed by atoms with Gasteiger partial charge in [0.2, 0.25) is 0 Å². The van der Waals surface area contributed by atoms with Crippen molar-refractivity contribution in [3.8, 4) is 0 Å². The second-order valence-electron chi connectivity index (χ2n) is 2.96. The molecule has 74 valence electrons. The highest BCUT2D eigenvalue weighted by Gasteiger charge is 2.08. The molecule has 2 aromatic rings. The number of nitrogens with zero attached hydrogens (tertiary/aromatic N) is 2. The van der Waals surface area contributed by atoms with E-state index in [-0.39, 0.29) is 5.78 Å². The van der Waals surface area contributed by atoms with Gasteiger partial charge in [-0.1, -0.05) is 11.6 Å². The normalized spacial score (nSPS) is 9.93. The Labute approximate surface area is 91.8 Å². The molecule has 0 aliphatic rings. The summed E-state index contributed by atoms with van der Waals surface area (Å²) in [6.07, 6.45) is 6.13. The van der Waals surface area contributed by atoms with Crippen LogP contribution in [0.15, 0.2) is 43.0 Å². The smallest absolute Gasteiger partial charge is 0.194 e. The molecule has 3 nitrogen and oxygen atoms in total. The first-order valence-corrected chi connectivity index (χ1v) is 4.70. The van der Waals surface area contributed by atoms with Gasteiger partial charge in [0, 0.05) is 35.9 Å². The van der Waals surface area contributed by atoms with Gasteiger partial charge in [0.25, 0.3) is 0 Å².